The van der Waals surface area contributed by atoms with E-state index in [0.29, 0.717) is 17.5 Å². The largest absolute Gasteiger partial charge is 0.489 e. The molecule has 3 heterocycles. The van der Waals surface area contributed by atoms with E-state index in [1.807, 2.05) is 24.3 Å². The van der Waals surface area contributed by atoms with Gasteiger partial charge < -0.3 is 9.30 Å². The number of imidazole rings is 1. The van der Waals surface area contributed by atoms with Crippen LogP contribution >= 0.6 is 11.6 Å². The molecule has 0 radical (unpaired) electrons. The van der Waals surface area contributed by atoms with Gasteiger partial charge in [0.2, 0.25) is 0 Å². The van der Waals surface area contributed by atoms with Gasteiger partial charge in [-0.05, 0) is 55.6 Å². The predicted octanol–water partition coefficient (Wildman–Crippen LogP) is 4.60. The molecule has 0 aliphatic carbocycles. The Morgan fingerprint density at radius 3 is 2.67 bits per heavy atom. The number of piperidine rings is 1. The number of rotatable bonds is 3. The predicted molar refractivity (Wildman–Crippen MR) is 104 cm³/mol. The van der Waals surface area contributed by atoms with Crippen molar-refractivity contribution in [2.75, 3.05) is 19.7 Å². The maximum absolute atomic E-state index is 13.1. The average molecular weight is 386 g/mol. The van der Waals surface area contributed by atoms with Crippen LogP contribution in [0, 0.1) is 5.82 Å². The van der Waals surface area contributed by atoms with Crippen LogP contribution in [0.1, 0.15) is 30.1 Å². The van der Waals surface area contributed by atoms with Gasteiger partial charge in [-0.3, -0.25) is 4.90 Å². The number of ether oxygens (including phenoxy) is 1. The van der Waals surface area contributed by atoms with Gasteiger partial charge in [-0.1, -0.05) is 23.7 Å². The molecule has 0 unspecified atom stereocenters. The van der Waals surface area contributed by atoms with Gasteiger partial charge in [0.05, 0.1) is 18.6 Å². The average Bonchev–Trinajstić information content (AvgIpc) is 3.02. The SMILES string of the molecule is Fc1ccc(C2CCN(Cc3nc4cc(Cl)cc5c4n3CCO5)CC2)cc1. The normalized spacial score (nSPS) is 18.0. The molecule has 0 spiro atoms. The van der Waals surface area contributed by atoms with E-state index in [1.165, 1.54) is 5.56 Å². The molecule has 4 nitrogen and oxygen atoms in total. The van der Waals surface area contributed by atoms with Gasteiger partial charge in [0.25, 0.3) is 0 Å². The fraction of sp³-hybridized carbons (Fsp3) is 0.381. The molecule has 5 rings (SSSR count). The van der Waals surface area contributed by atoms with Crippen LogP contribution in [0.5, 0.6) is 5.75 Å². The molecule has 2 aliphatic rings. The van der Waals surface area contributed by atoms with Crippen LogP contribution in [-0.2, 0) is 13.1 Å². The van der Waals surface area contributed by atoms with Crippen LogP contribution in [0.2, 0.25) is 5.02 Å². The maximum atomic E-state index is 13.1. The van der Waals surface area contributed by atoms with Crippen molar-refractivity contribution in [3.05, 3.63) is 58.6 Å². The lowest BCUT2D eigenvalue weighted by Gasteiger charge is -2.32. The first kappa shape index (κ1) is 17.0. The molecule has 0 atom stereocenters. The lowest BCUT2D eigenvalue weighted by atomic mass is 9.89. The highest BCUT2D eigenvalue weighted by atomic mass is 35.5. The van der Waals surface area contributed by atoms with Crippen LogP contribution in [0.15, 0.2) is 36.4 Å². The molecule has 0 saturated carbocycles. The molecule has 2 aliphatic heterocycles. The lowest BCUT2D eigenvalue weighted by Crippen LogP contribution is -2.33. The van der Waals surface area contributed by atoms with Gasteiger partial charge in [0.15, 0.2) is 0 Å². The second-order valence-electron chi connectivity index (χ2n) is 7.40. The summed E-state index contributed by atoms with van der Waals surface area (Å²) in [5, 5.41) is 0.663. The summed E-state index contributed by atoms with van der Waals surface area (Å²) < 4.78 is 21.2. The highest BCUT2D eigenvalue weighted by Crippen LogP contribution is 2.34. The number of aromatic nitrogens is 2. The summed E-state index contributed by atoms with van der Waals surface area (Å²) in [5.41, 5.74) is 3.21. The van der Waals surface area contributed by atoms with Crippen LogP contribution in [-0.4, -0.2) is 34.1 Å². The van der Waals surface area contributed by atoms with Gasteiger partial charge in [-0.2, -0.15) is 0 Å². The second kappa shape index (κ2) is 6.80. The minimum Gasteiger partial charge on any atom is -0.489 e. The van der Waals surface area contributed by atoms with Crippen molar-refractivity contribution in [1.82, 2.24) is 14.5 Å². The van der Waals surface area contributed by atoms with E-state index in [4.69, 9.17) is 21.3 Å². The Morgan fingerprint density at radius 1 is 1.11 bits per heavy atom. The Labute approximate surface area is 162 Å². The number of benzene rings is 2. The minimum absolute atomic E-state index is 0.167. The Bertz CT molecular complexity index is 977. The molecule has 1 saturated heterocycles. The van der Waals surface area contributed by atoms with Crippen molar-refractivity contribution in [3.63, 3.8) is 0 Å². The number of nitrogens with zero attached hydrogens (tertiary/aromatic N) is 3. The van der Waals surface area contributed by atoms with E-state index in [2.05, 4.69) is 9.47 Å². The Hall–Kier alpha value is -2.11. The van der Waals surface area contributed by atoms with E-state index < -0.39 is 0 Å². The molecule has 1 fully saturated rings. The molecular formula is C21H21ClFN3O. The summed E-state index contributed by atoms with van der Waals surface area (Å²) in [6, 6.07) is 10.8. The highest BCUT2D eigenvalue weighted by Gasteiger charge is 2.24. The summed E-state index contributed by atoms with van der Waals surface area (Å²) in [6.07, 6.45) is 2.18. The van der Waals surface area contributed by atoms with Crippen molar-refractivity contribution in [3.8, 4) is 5.75 Å². The molecular weight excluding hydrogens is 365 g/mol. The zero-order valence-corrected chi connectivity index (χ0v) is 15.8. The van der Waals surface area contributed by atoms with Gasteiger partial charge >= 0.3 is 0 Å². The number of halogens is 2. The first-order chi connectivity index (χ1) is 13.2. The molecule has 27 heavy (non-hydrogen) atoms. The van der Waals surface area contributed by atoms with Crippen molar-refractivity contribution in [2.24, 2.45) is 0 Å². The Morgan fingerprint density at radius 2 is 1.89 bits per heavy atom. The van der Waals surface area contributed by atoms with Crippen molar-refractivity contribution >= 4 is 22.6 Å². The quantitative estimate of drug-likeness (QED) is 0.660. The summed E-state index contributed by atoms with van der Waals surface area (Å²) in [5.74, 6) is 2.26. The van der Waals surface area contributed by atoms with E-state index in [-0.39, 0.29) is 5.82 Å². The lowest BCUT2D eigenvalue weighted by molar-refractivity contribution is 0.195. The third kappa shape index (κ3) is 3.19. The molecule has 140 valence electrons. The highest BCUT2D eigenvalue weighted by molar-refractivity contribution is 6.31. The summed E-state index contributed by atoms with van der Waals surface area (Å²) in [4.78, 5) is 7.30. The van der Waals surface area contributed by atoms with Crippen molar-refractivity contribution in [1.29, 1.82) is 0 Å². The molecule has 3 aromatic rings. The fourth-order valence-corrected chi connectivity index (χ4v) is 4.53. The van der Waals surface area contributed by atoms with E-state index in [1.54, 1.807) is 12.1 Å². The van der Waals surface area contributed by atoms with Crippen LogP contribution in [0.3, 0.4) is 0 Å². The Kier molecular flexibility index (Phi) is 4.29. The zero-order valence-electron chi connectivity index (χ0n) is 15.0. The van der Waals surface area contributed by atoms with Gasteiger partial charge in [0, 0.05) is 11.1 Å². The molecule has 1 aromatic heterocycles. The maximum Gasteiger partial charge on any atom is 0.146 e. The smallest absolute Gasteiger partial charge is 0.146 e. The Balaban J connectivity index is 1.32. The molecule has 0 bridgehead atoms. The molecule has 0 N–H and O–H groups in total. The standard InChI is InChI=1S/C21H21ClFN3O/c22-16-11-18-21-19(12-16)27-10-9-26(21)20(24-18)13-25-7-5-15(6-8-25)14-1-3-17(23)4-2-14/h1-4,11-12,15H,5-10,13H2. The van der Waals surface area contributed by atoms with Gasteiger partial charge in [-0.25, -0.2) is 9.37 Å². The first-order valence-corrected chi connectivity index (χ1v) is 9.84. The van der Waals surface area contributed by atoms with Gasteiger partial charge in [0.1, 0.15) is 29.5 Å². The molecule has 0 amide bonds. The monoisotopic (exact) mass is 385 g/mol. The van der Waals surface area contributed by atoms with E-state index >= 15 is 0 Å². The number of hydrogen-bond donors (Lipinski definition) is 0. The van der Waals surface area contributed by atoms with Gasteiger partial charge in [-0.15, -0.1) is 0 Å². The zero-order chi connectivity index (χ0) is 18.4. The van der Waals surface area contributed by atoms with Crippen LogP contribution < -0.4 is 4.74 Å². The van der Waals surface area contributed by atoms with E-state index in [0.717, 1.165) is 61.6 Å². The topological polar surface area (TPSA) is 30.3 Å². The second-order valence-corrected chi connectivity index (χ2v) is 7.84. The summed E-state index contributed by atoms with van der Waals surface area (Å²) >= 11 is 6.20. The van der Waals surface area contributed by atoms with Crippen molar-refractivity contribution in [2.45, 2.75) is 31.8 Å². The third-order valence-corrected chi connectivity index (χ3v) is 5.94. The number of likely N-dealkylation sites (tertiary alicyclic amines) is 1. The first-order valence-electron chi connectivity index (χ1n) is 9.46. The number of hydrogen-bond acceptors (Lipinski definition) is 3. The third-order valence-electron chi connectivity index (χ3n) is 5.72. The minimum atomic E-state index is -0.167. The van der Waals surface area contributed by atoms with Crippen molar-refractivity contribution < 1.29 is 9.13 Å². The summed E-state index contributed by atoms with van der Waals surface area (Å²) in [7, 11) is 0. The van der Waals surface area contributed by atoms with Crippen LogP contribution in [0.25, 0.3) is 11.0 Å². The molecule has 2 aromatic carbocycles. The fourth-order valence-electron chi connectivity index (χ4n) is 4.32. The molecule has 6 heteroatoms. The summed E-state index contributed by atoms with van der Waals surface area (Å²) in [6.45, 7) is 4.36. The van der Waals surface area contributed by atoms with E-state index in [9.17, 15) is 4.39 Å². The van der Waals surface area contributed by atoms with Crippen LogP contribution in [0.4, 0.5) is 4.39 Å².